The number of nitro groups is 1. The number of piperazine rings is 1. The third-order valence-corrected chi connectivity index (χ3v) is 6.37. The van der Waals surface area contributed by atoms with Crippen molar-refractivity contribution in [2.75, 3.05) is 31.1 Å². The van der Waals surface area contributed by atoms with Gasteiger partial charge in [-0.2, -0.15) is 0 Å². The van der Waals surface area contributed by atoms with Crippen LogP contribution in [0.1, 0.15) is 17.6 Å². The predicted octanol–water partition coefficient (Wildman–Crippen LogP) is 1.58. The van der Waals surface area contributed by atoms with Crippen LogP contribution in [0.5, 0.6) is 0 Å². The predicted molar refractivity (Wildman–Crippen MR) is 103 cm³/mol. The highest BCUT2D eigenvalue weighted by atomic mass is 32.2. The first-order valence-electron chi connectivity index (χ1n) is 8.49. The van der Waals surface area contributed by atoms with Gasteiger partial charge < -0.3 is 4.90 Å². The maximum absolute atomic E-state index is 11.6. The molecular formula is C16H21N5O4S2. The van der Waals surface area contributed by atoms with Crippen LogP contribution in [0.4, 0.5) is 11.4 Å². The number of anilines is 1. The molecule has 1 aromatic heterocycles. The largest absolute Gasteiger partial charge is 0.369 e. The highest BCUT2D eigenvalue weighted by Gasteiger charge is 2.22. The van der Waals surface area contributed by atoms with E-state index in [1.807, 2.05) is 4.90 Å². The summed E-state index contributed by atoms with van der Waals surface area (Å²) in [5.41, 5.74) is 1.26. The topological polar surface area (TPSA) is 123 Å². The Hall–Kier alpha value is -2.08. The molecule has 0 atom stereocenters. The van der Waals surface area contributed by atoms with E-state index in [1.54, 1.807) is 11.3 Å². The Morgan fingerprint density at radius 1 is 1.26 bits per heavy atom. The molecule has 0 saturated carbocycles. The molecule has 1 aliphatic heterocycles. The minimum Gasteiger partial charge on any atom is -0.369 e. The molecular weight excluding hydrogens is 390 g/mol. The zero-order chi connectivity index (χ0) is 19.6. The molecule has 11 heteroatoms. The average molecular weight is 412 g/mol. The molecule has 0 spiro atoms. The molecule has 2 N–H and O–H groups in total. The summed E-state index contributed by atoms with van der Waals surface area (Å²) in [5, 5.41) is 19.5. The van der Waals surface area contributed by atoms with Crippen molar-refractivity contribution in [2.24, 2.45) is 5.14 Å². The van der Waals surface area contributed by atoms with Crippen molar-refractivity contribution in [2.45, 2.75) is 24.8 Å². The standard InChI is InChI=1S/C16H21N5O4S2/c1-2-16-18-12(11-26-16)10-19-3-5-20(6-4-19)13-7-14(21(22)23)9-15(8-13)27(17,24)25/h7-9,11H,2-6,10H2,1H3,(H2,17,24,25). The monoisotopic (exact) mass is 411 g/mol. The van der Waals surface area contributed by atoms with Crippen LogP contribution in [-0.2, 0) is 23.0 Å². The normalized spacial score (nSPS) is 15.9. The van der Waals surface area contributed by atoms with Gasteiger partial charge in [-0.05, 0) is 12.5 Å². The number of hydrogen-bond acceptors (Lipinski definition) is 8. The first-order valence-corrected chi connectivity index (χ1v) is 10.9. The smallest absolute Gasteiger partial charge is 0.272 e. The average Bonchev–Trinajstić information content (AvgIpc) is 3.09. The minimum atomic E-state index is -4.02. The zero-order valence-corrected chi connectivity index (χ0v) is 16.5. The fraction of sp³-hybridized carbons (Fsp3) is 0.438. The summed E-state index contributed by atoms with van der Waals surface area (Å²) in [6.45, 7) is 5.63. The second-order valence-electron chi connectivity index (χ2n) is 6.34. The zero-order valence-electron chi connectivity index (χ0n) is 14.9. The molecule has 3 rings (SSSR count). The number of hydrogen-bond donors (Lipinski definition) is 1. The van der Waals surface area contributed by atoms with Crippen LogP contribution in [0.3, 0.4) is 0 Å². The van der Waals surface area contributed by atoms with Gasteiger partial charge >= 0.3 is 0 Å². The number of nitro benzene ring substituents is 1. The molecule has 1 aliphatic rings. The van der Waals surface area contributed by atoms with Crippen molar-refractivity contribution in [3.05, 3.63) is 44.4 Å². The quantitative estimate of drug-likeness (QED) is 0.565. The van der Waals surface area contributed by atoms with Gasteiger partial charge in [0.05, 0.1) is 20.5 Å². The van der Waals surface area contributed by atoms with E-state index in [-0.39, 0.29) is 10.6 Å². The third-order valence-electron chi connectivity index (χ3n) is 4.44. The van der Waals surface area contributed by atoms with E-state index in [0.29, 0.717) is 18.8 Å². The summed E-state index contributed by atoms with van der Waals surface area (Å²) >= 11 is 1.66. The molecule has 27 heavy (non-hydrogen) atoms. The van der Waals surface area contributed by atoms with Gasteiger partial charge in [-0.15, -0.1) is 11.3 Å². The Morgan fingerprint density at radius 2 is 1.96 bits per heavy atom. The lowest BCUT2D eigenvalue weighted by molar-refractivity contribution is -0.385. The SMILES string of the molecule is CCc1nc(CN2CCN(c3cc([N+](=O)[O-])cc(S(N)(=O)=O)c3)CC2)cs1. The molecule has 1 saturated heterocycles. The van der Waals surface area contributed by atoms with Gasteiger partial charge in [-0.1, -0.05) is 6.92 Å². The molecule has 0 amide bonds. The fourth-order valence-corrected chi connectivity index (χ4v) is 4.30. The van der Waals surface area contributed by atoms with Crippen molar-refractivity contribution in [1.82, 2.24) is 9.88 Å². The maximum Gasteiger partial charge on any atom is 0.272 e. The van der Waals surface area contributed by atoms with Crippen LogP contribution in [0.15, 0.2) is 28.5 Å². The van der Waals surface area contributed by atoms with Crippen LogP contribution in [0.25, 0.3) is 0 Å². The lowest BCUT2D eigenvalue weighted by Gasteiger charge is -2.35. The second kappa shape index (κ2) is 7.89. The third kappa shape index (κ3) is 4.80. The number of aryl methyl sites for hydroxylation is 1. The Kier molecular flexibility index (Phi) is 5.75. The molecule has 0 bridgehead atoms. The van der Waals surface area contributed by atoms with Crippen LogP contribution in [0.2, 0.25) is 0 Å². The van der Waals surface area contributed by atoms with Crippen molar-refractivity contribution in [1.29, 1.82) is 0 Å². The number of non-ortho nitro benzene ring substituents is 1. The number of sulfonamides is 1. The number of nitrogens with two attached hydrogens (primary N) is 1. The van der Waals surface area contributed by atoms with Gasteiger partial charge in [-0.25, -0.2) is 18.5 Å². The van der Waals surface area contributed by atoms with Crippen LogP contribution in [-0.4, -0.2) is 49.4 Å². The molecule has 2 aromatic rings. The van der Waals surface area contributed by atoms with Crippen molar-refractivity contribution in [3.63, 3.8) is 0 Å². The molecule has 0 aliphatic carbocycles. The van der Waals surface area contributed by atoms with Crippen molar-refractivity contribution < 1.29 is 13.3 Å². The van der Waals surface area contributed by atoms with E-state index in [1.165, 1.54) is 12.1 Å². The van der Waals surface area contributed by atoms with E-state index in [0.717, 1.165) is 42.8 Å². The maximum atomic E-state index is 11.6. The molecule has 0 unspecified atom stereocenters. The van der Waals surface area contributed by atoms with Gasteiger partial charge in [-0.3, -0.25) is 15.0 Å². The molecule has 146 valence electrons. The summed E-state index contributed by atoms with van der Waals surface area (Å²) < 4.78 is 23.3. The van der Waals surface area contributed by atoms with Crippen LogP contribution in [0, 0.1) is 10.1 Å². The van der Waals surface area contributed by atoms with Gasteiger partial charge in [0, 0.05) is 55.9 Å². The van der Waals surface area contributed by atoms with E-state index >= 15 is 0 Å². The van der Waals surface area contributed by atoms with E-state index in [9.17, 15) is 18.5 Å². The van der Waals surface area contributed by atoms with Crippen molar-refractivity contribution >= 4 is 32.7 Å². The summed E-state index contributed by atoms with van der Waals surface area (Å²) in [7, 11) is -4.02. The number of aromatic nitrogens is 1. The Balaban J connectivity index is 1.71. The summed E-state index contributed by atoms with van der Waals surface area (Å²) in [5.74, 6) is 0. The highest BCUT2D eigenvalue weighted by Crippen LogP contribution is 2.27. The lowest BCUT2D eigenvalue weighted by atomic mass is 10.2. The molecule has 0 radical (unpaired) electrons. The van der Waals surface area contributed by atoms with Crippen molar-refractivity contribution in [3.8, 4) is 0 Å². The number of nitrogens with zero attached hydrogens (tertiary/aromatic N) is 4. The first kappa shape index (κ1) is 19.7. The van der Waals surface area contributed by atoms with E-state index in [2.05, 4.69) is 22.2 Å². The van der Waals surface area contributed by atoms with E-state index in [4.69, 9.17) is 5.14 Å². The second-order valence-corrected chi connectivity index (χ2v) is 8.84. The molecule has 2 heterocycles. The Morgan fingerprint density at radius 3 is 2.52 bits per heavy atom. The Labute approximate surface area is 161 Å². The first-order chi connectivity index (χ1) is 12.8. The van der Waals surface area contributed by atoms with Gasteiger partial charge in [0.2, 0.25) is 10.0 Å². The molecule has 1 aromatic carbocycles. The number of thiazole rings is 1. The molecule has 9 nitrogen and oxygen atoms in total. The fourth-order valence-electron chi connectivity index (χ4n) is 3.00. The number of primary sulfonamides is 1. The van der Waals surface area contributed by atoms with E-state index < -0.39 is 14.9 Å². The summed E-state index contributed by atoms with van der Waals surface area (Å²) in [4.78, 5) is 19.1. The number of rotatable bonds is 6. The summed E-state index contributed by atoms with van der Waals surface area (Å²) in [6, 6.07) is 3.77. The van der Waals surface area contributed by atoms with Crippen LogP contribution >= 0.6 is 11.3 Å². The van der Waals surface area contributed by atoms with Gasteiger partial charge in [0.25, 0.3) is 5.69 Å². The van der Waals surface area contributed by atoms with Crippen LogP contribution < -0.4 is 10.0 Å². The lowest BCUT2D eigenvalue weighted by Crippen LogP contribution is -2.46. The Bertz CT molecular complexity index is 936. The minimum absolute atomic E-state index is 0.247. The van der Waals surface area contributed by atoms with Gasteiger partial charge in [0.1, 0.15) is 0 Å². The molecule has 1 fully saturated rings. The number of benzene rings is 1. The van der Waals surface area contributed by atoms with Gasteiger partial charge in [0.15, 0.2) is 0 Å². The highest BCUT2D eigenvalue weighted by molar-refractivity contribution is 7.89. The summed E-state index contributed by atoms with van der Waals surface area (Å²) in [6.07, 6.45) is 0.928.